The van der Waals surface area contributed by atoms with Gasteiger partial charge in [-0.1, -0.05) is 0 Å². The molecule has 25 heavy (non-hydrogen) atoms. The van der Waals surface area contributed by atoms with Crippen LogP contribution in [0, 0.1) is 0 Å². The third kappa shape index (κ3) is 4.10. The second-order valence-corrected chi connectivity index (χ2v) is 6.92. The van der Waals surface area contributed by atoms with Crippen LogP contribution in [-0.2, 0) is 13.0 Å². The standard InChI is InChI=1S/C20H23NO3S/c1-4-23-18-10-15-9-13(2)24-19(15)11-16(18)12-21-20(22)14-5-7-17(25-3)8-6-14/h5-8,10-11,13H,4,9,12H2,1-3H3,(H,21,22)/t13-/m0/s1. The Balaban J connectivity index is 1.73. The second-order valence-electron chi connectivity index (χ2n) is 6.04. The van der Waals surface area contributed by atoms with Gasteiger partial charge in [0.1, 0.15) is 17.6 Å². The van der Waals surface area contributed by atoms with Gasteiger partial charge in [0.15, 0.2) is 0 Å². The van der Waals surface area contributed by atoms with Crippen LogP contribution in [0.3, 0.4) is 0 Å². The van der Waals surface area contributed by atoms with Crippen LogP contribution >= 0.6 is 11.8 Å². The largest absolute Gasteiger partial charge is 0.494 e. The zero-order valence-corrected chi connectivity index (χ0v) is 15.6. The molecule has 1 atom stereocenters. The van der Waals surface area contributed by atoms with Crippen LogP contribution in [0.15, 0.2) is 41.3 Å². The highest BCUT2D eigenvalue weighted by molar-refractivity contribution is 7.98. The molecule has 0 fully saturated rings. The quantitative estimate of drug-likeness (QED) is 0.792. The summed E-state index contributed by atoms with van der Waals surface area (Å²) in [4.78, 5) is 13.5. The van der Waals surface area contributed by atoms with E-state index in [1.165, 1.54) is 5.56 Å². The number of hydrogen-bond donors (Lipinski definition) is 1. The number of carbonyl (C=O) groups excluding carboxylic acids is 1. The predicted molar refractivity (Wildman–Crippen MR) is 101 cm³/mol. The Bertz CT molecular complexity index is 758. The third-order valence-electron chi connectivity index (χ3n) is 4.17. The summed E-state index contributed by atoms with van der Waals surface area (Å²) in [5, 5.41) is 2.97. The highest BCUT2D eigenvalue weighted by atomic mass is 32.2. The number of fused-ring (bicyclic) bond motifs is 1. The molecule has 0 radical (unpaired) electrons. The number of amides is 1. The van der Waals surface area contributed by atoms with Crippen molar-refractivity contribution in [1.29, 1.82) is 0 Å². The van der Waals surface area contributed by atoms with Gasteiger partial charge in [-0.2, -0.15) is 0 Å². The summed E-state index contributed by atoms with van der Waals surface area (Å²) >= 11 is 1.66. The summed E-state index contributed by atoms with van der Waals surface area (Å²) in [6.45, 7) is 5.01. The van der Waals surface area contributed by atoms with Crippen LogP contribution in [0.25, 0.3) is 0 Å². The monoisotopic (exact) mass is 357 g/mol. The minimum absolute atomic E-state index is 0.0927. The minimum atomic E-state index is -0.0927. The first-order valence-corrected chi connectivity index (χ1v) is 9.70. The molecular weight excluding hydrogens is 334 g/mol. The van der Waals surface area contributed by atoms with E-state index in [9.17, 15) is 4.79 Å². The molecular formula is C20H23NO3S. The van der Waals surface area contributed by atoms with E-state index < -0.39 is 0 Å². The fourth-order valence-electron chi connectivity index (χ4n) is 2.93. The Morgan fingerprint density at radius 3 is 2.76 bits per heavy atom. The lowest BCUT2D eigenvalue weighted by Gasteiger charge is -2.13. The first-order valence-electron chi connectivity index (χ1n) is 8.48. The molecule has 3 rings (SSSR count). The van der Waals surface area contributed by atoms with Crippen molar-refractivity contribution in [2.45, 2.75) is 37.8 Å². The van der Waals surface area contributed by atoms with Crippen LogP contribution in [0.4, 0.5) is 0 Å². The van der Waals surface area contributed by atoms with Gasteiger partial charge in [-0.15, -0.1) is 11.8 Å². The van der Waals surface area contributed by atoms with Gasteiger partial charge in [0, 0.05) is 34.6 Å². The normalized spacial score (nSPS) is 15.4. The summed E-state index contributed by atoms with van der Waals surface area (Å²) in [5.41, 5.74) is 2.75. The lowest BCUT2D eigenvalue weighted by molar-refractivity contribution is 0.0950. The number of benzene rings is 2. The minimum Gasteiger partial charge on any atom is -0.494 e. The second kappa shape index (κ2) is 7.83. The van der Waals surface area contributed by atoms with Crippen molar-refractivity contribution in [3.05, 3.63) is 53.1 Å². The van der Waals surface area contributed by atoms with Gasteiger partial charge in [0.05, 0.1) is 6.61 Å². The van der Waals surface area contributed by atoms with Gasteiger partial charge in [0.25, 0.3) is 5.91 Å². The SMILES string of the molecule is CCOc1cc2c(cc1CNC(=O)c1ccc(SC)cc1)O[C@@H](C)C2. The van der Waals surface area contributed by atoms with Crippen LogP contribution in [0.1, 0.15) is 35.3 Å². The molecule has 0 spiro atoms. The van der Waals surface area contributed by atoms with E-state index in [-0.39, 0.29) is 12.0 Å². The molecule has 1 aliphatic rings. The molecule has 132 valence electrons. The molecule has 0 saturated carbocycles. The molecule has 1 heterocycles. The van der Waals surface area contributed by atoms with Gasteiger partial charge >= 0.3 is 0 Å². The zero-order valence-electron chi connectivity index (χ0n) is 14.8. The van der Waals surface area contributed by atoms with Crippen molar-refractivity contribution >= 4 is 17.7 Å². The number of nitrogens with one attached hydrogen (secondary N) is 1. The fraction of sp³-hybridized carbons (Fsp3) is 0.350. The topological polar surface area (TPSA) is 47.6 Å². The van der Waals surface area contributed by atoms with E-state index in [1.54, 1.807) is 11.8 Å². The average molecular weight is 357 g/mol. The van der Waals surface area contributed by atoms with Crippen molar-refractivity contribution in [3.63, 3.8) is 0 Å². The average Bonchev–Trinajstić information content (AvgIpc) is 2.98. The zero-order chi connectivity index (χ0) is 17.8. The van der Waals surface area contributed by atoms with E-state index in [0.29, 0.717) is 18.7 Å². The summed E-state index contributed by atoms with van der Waals surface area (Å²) in [6, 6.07) is 11.6. The molecule has 0 bridgehead atoms. The molecule has 2 aromatic rings. The van der Waals surface area contributed by atoms with E-state index in [1.807, 2.05) is 49.6 Å². The molecule has 2 aromatic carbocycles. The van der Waals surface area contributed by atoms with Crippen molar-refractivity contribution in [2.75, 3.05) is 12.9 Å². The van der Waals surface area contributed by atoms with Crippen molar-refractivity contribution in [2.24, 2.45) is 0 Å². The summed E-state index contributed by atoms with van der Waals surface area (Å²) < 4.78 is 11.6. The van der Waals surface area contributed by atoms with Crippen LogP contribution in [-0.4, -0.2) is 24.9 Å². The number of carbonyl (C=O) groups is 1. The lowest BCUT2D eigenvalue weighted by Crippen LogP contribution is -2.23. The summed E-state index contributed by atoms with van der Waals surface area (Å²) in [6.07, 6.45) is 3.09. The Kier molecular flexibility index (Phi) is 5.53. The molecule has 0 aromatic heterocycles. The first kappa shape index (κ1) is 17.7. The van der Waals surface area contributed by atoms with Crippen molar-refractivity contribution < 1.29 is 14.3 Å². The van der Waals surface area contributed by atoms with Crippen molar-refractivity contribution in [1.82, 2.24) is 5.32 Å². The third-order valence-corrected chi connectivity index (χ3v) is 4.91. The molecule has 0 unspecified atom stereocenters. The van der Waals surface area contributed by atoms with Crippen LogP contribution in [0.2, 0.25) is 0 Å². The molecule has 0 aliphatic carbocycles. The Morgan fingerprint density at radius 1 is 1.32 bits per heavy atom. The maximum atomic E-state index is 12.4. The van der Waals surface area contributed by atoms with Gasteiger partial charge in [-0.25, -0.2) is 0 Å². The van der Waals surface area contributed by atoms with Gasteiger partial charge in [0.2, 0.25) is 0 Å². The van der Waals surface area contributed by atoms with Crippen LogP contribution < -0.4 is 14.8 Å². The smallest absolute Gasteiger partial charge is 0.251 e. The fourth-order valence-corrected chi connectivity index (χ4v) is 3.34. The van der Waals surface area contributed by atoms with Crippen molar-refractivity contribution in [3.8, 4) is 11.5 Å². The number of thioether (sulfide) groups is 1. The van der Waals surface area contributed by atoms with E-state index in [2.05, 4.69) is 12.2 Å². The molecule has 1 amide bonds. The van der Waals surface area contributed by atoms with E-state index in [0.717, 1.165) is 28.4 Å². The Labute approximate surface area is 152 Å². The molecule has 1 N–H and O–H groups in total. The summed E-state index contributed by atoms with van der Waals surface area (Å²) in [5.74, 6) is 1.62. The highest BCUT2D eigenvalue weighted by Gasteiger charge is 2.22. The van der Waals surface area contributed by atoms with Gasteiger partial charge in [-0.05, 0) is 56.5 Å². The maximum absolute atomic E-state index is 12.4. The number of rotatable bonds is 6. The molecule has 1 aliphatic heterocycles. The van der Waals surface area contributed by atoms with Crippen LogP contribution in [0.5, 0.6) is 11.5 Å². The Hall–Kier alpha value is -2.14. The molecule has 0 saturated heterocycles. The molecule has 5 heteroatoms. The number of hydrogen-bond acceptors (Lipinski definition) is 4. The molecule has 4 nitrogen and oxygen atoms in total. The van der Waals surface area contributed by atoms with Gasteiger partial charge < -0.3 is 14.8 Å². The number of ether oxygens (including phenoxy) is 2. The summed E-state index contributed by atoms with van der Waals surface area (Å²) in [7, 11) is 0. The first-order chi connectivity index (χ1) is 12.1. The Morgan fingerprint density at radius 2 is 2.08 bits per heavy atom. The maximum Gasteiger partial charge on any atom is 0.251 e. The van der Waals surface area contributed by atoms with Gasteiger partial charge in [-0.3, -0.25) is 4.79 Å². The highest BCUT2D eigenvalue weighted by Crippen LogP contribution is 2.35. The van der Waals surface area contributed by atoms with E-state index in [4.69, 9.17) is 9.47 Å². The lowest BCUT2D eigenvalue weighted by atomic mass is 10.1. The predicted octanol–water partition coefficient (Wildman–Crippen LogP) is 4.06. The van der Waals surface area contributed by atoms with E-state index >= 15 is 0 Å².